The van der Waals surface area contributed by atoms with E-state index in [9.17, 15) is 0 Å². The molecule has 2 rings (SSSR count). The molecule has 0 saturated heterocycles. The molecule has 2 aromatic carbocycles. The fourth-order valence-electron chi connectivity index (χ4n) is 0.907. The lowest BCUT2D eigenvalue weighted by Crippen LogP contribution is -1.67. The topological polar surface area (TPSA) is 0 Å². The van der Waals surface area contributed by atoms with Crippen molar-refractivity contribution in [1.82, 2.24) is 0 Å². The summed E-state index contributed by atoms with van der Waals surface area (Å²) in [6.45, 7) is 0. The van der Waals surface area contributed by atoms with E-state index in [4.69, 9.17) is 58.0 Å². The van der Waals surface area contributed by atoms with E-state index in [0.29, 0.717) is 15.1 Å². The molecule has 0 fully saturated rings. The Balaban J connectivity index is 0.000000171. The molecule has 0 bridgehead atoms. The van der Waals surface area contributed by atoms with Crippen molar-refractivity contribution in [3.05, 3.63) is 67.6 Å². The molecule has 0 atom stereocenters. The van der Waals surface area contributed by atoms with E-state index in [-0.39, 0.29) is 0 Å². The molecule has 0 spiro atoms. The summed E-state index contributed by atoms with van der Waals surface area (Å²) in [5.74, 6) is 0. The normalized spacial score (nSPS) is 9.47. The van der Waals surface area contributed by atoms with Crippen molar-refractivity contribution in [1.29, 1.82) is 0 Å². The van der Waals surface area contributed by atoms with Gasteiger partial charge in [-0.2, -0.15) is 0 Å². The first-order chi connectivity index (χ1) is 8.00. The van der Waals surface area contributed by atoms with Crippen molar-refractivity contribution < 1.29 is 0 Å². The largest absolute Gasteiger partial charge is 0.0843 e. The number of halogens is 5. The van der Waals surface area contributed by atoms with Crippen LogP contribution in [0.2, 0.25) is 25.1 Å². The maximum absolute atomic E-state index is 5.61. The van der Waals surface area contributed by atoms with E-state index in [1.165, 1.54) is 0 Å². The van der Waals surface area contributed by atoms with Gasteiger partial charge in [-0.25, -0.2) is 0 Å². The highest BCUT2D eigenvalue weighted by molar-refractivity contribution is 6.47. The SMILES string of the molecule is Clc1ccc(Cl)cc1.Clc1cccc(Cl)c1Cl. The van der Waals surface area contributed by atoms with Crippen LogP contribution in [0.4, 0.5) is 0 Å². The zero-order valence-electron chi connectivity index (χ0n) is 8.43. The van der Waals surface area contributed by atoms with Crippen molar-refractivity contribution >= 4 is 58.0 Å². The van der Waals surface area contributed by atoms with Crippen LogP contribution in [0, 0.1) is 0 Å². The molecule has 2 aromatic rings. The second kappa shape index (κ2) is 7.35. The van der Waals surface area contributed by atoms with E-state index in [1.807, 2.05) is 0 Å². The van der Waals surface area contributed by atoms with Gasteiger partial charge in [-0.05, 0) is 36.4 Å². The maximum Gasteiger partial charge on any atom is 0.0778 e. The zero-order valence-corrected chi connectivity index (χ0v) is 12.2. The van der Waals surface area contributed by atoms with Gasteiger partial charge in [-0.3, -0.25) is 0 Å². The molecule has 0 aliphatic rings. The van der Waals surface area contributed by atoms with Crippen molar-refractivity contribution in [3.8, 4) is 0 Å². The molecule has 0 aliphatic heterocycles. The predicted molar refractivity (Wildman–Crippen MR) is 77.9 cm³/mol. The first-order valence-electron chi connectivity index (χ1n) is 4.51. The molecular weight excluding hydrogens is 321 g/mol. The third kappa shape index (κ3) is 5.37. The van der Waals surface area contributed by atoms with E-state index < -0.39 is 0 Å². The minimum Gasteiger partial charge on any atom is -0.0843 e. The summed E-state index contributed by atoms with van der Waals surface area (Å²) in [4.78, 5) is 0. The second-order valence-corrected chi connectivity index (χ2v) is 5.04. The molecule has 0 unspecified atom stereocenters. The van der Waals surface area contributed by atoms with Gasteiger partial charge in [0, 0.05) is 10.0 Å². The Hall–Kier alpha value is -0.110. The van der Waals surface area contributed by atoms with Crippen LogP contribution in [0.25, 0.3) is 0 Å². The fraction of sp³-hybridized carbons (Fsp3) is 0. The molecule has 17 heavy (non-hydrogen) atoms. The van der Waals surface area contributed by atoms with Crippen LogP contribution in [-0.4, -0.2) is 0 Å². The lowest BCUT2D eigenvalue weighted by atomic mass is 10.4. The molecule has 5 heteroatoms. The summed E-state index contributed by atoms with van der Waals surface area (Å²) in [5.41, 5.74) is 0. The summed E-state index contributed by atoms with van der Waals surface area (Å²) in [5, 5.41) is 2.83. The van der Waals surface area contributed by atoms with Crippen LogP contribution < -0.4 is 0 Å². The summed E-state index contributed by atoms with van der Waals surface area (Å²) < 4.78 is 0. The van der Waals surface area contributed by atoms with Crippen molar-refractivity contribution in [3.63, 3.8) is 0 Å². The minimum absolute atomic E-state index is 0.417. The van der Waals surface area contributed by atoms with Gasteiger partial charge in [0.2, 0.25) is 0 Å². The monoisotopic (exact) mass is 326 g/mol. The molecule has 0 aromatic heterocycles. The Morgan fingerprint density at radius 3 is 1.18 bits per heavy atom. The number of hydrogen-bond acceptors (Lipinski definition) is 0. The summed E-state index contributed by atoms with van der Waals surface area (Å²) in [7, 11) is 0. The quantitative estimate of drug-likeness (QED) is 0.475. The molecule has 0 aliphatic carbocycles. The Morgan fingerprint density at radius 2 is 0.882 bits per heavy atom. The summed E-state index contributed by atoms with van der Waals surface area (Å²) in [6.07, 6.45) is 0. The molecule has 0 N–H and O–H groups in total. The maximum atomic E-state index is 5.61. The van der Waals surface area contributed by atoms with Gasteiger partial charge in [-0.1, -0.05) is 64.1 Å². The predicted octanol–water partition coefficient (Wildman–Crippen LogP) is 6.64. The summed E-state index contributed by atoms with van der Waals surface area (Å²) >= 11 is 27.9. The second-order valence-electron chi connectivity index (χ2n) is 2.97. The molecule has 90 valence electrons. The molecule has 0 radical (unpaired) electrons. The highest BCUT2D eigenvalue weighted by atomic mass is 35.5. The number of rotatable bonds is 0. The molecule has 0 heterocycles. The molecule has 0 nitrogen and oxygen atoms in total. The van der Waals surface area contributed by atoms with Gasteiger partial charge in [0.1, 0.15) is 0 Å². The smallest absolute Gasteiger partial charge is 0.0778 e. The first-order valence-corrected chi connectivity index (χ1v) is 6.40. The first kappa shape index (κ1) is 14.9. The minimum atomic E-state index is 0.417. The lowest BCUT2D eigenvalue weighted by molar-refractivity contribution is 1.70. The van der Waals surface area contributed by atoms with Crippen molar-refractivity contribution in [2.45, 2.75) is 0 Å². The van der Waals surface area contributed by atoms with Crippen LogP contribution in [0.15, 0.2) is 42.5 Å². The third-order valence-electron chi connectivity index (χ3n) is 1.71. The van der Waals surface area contributed by atoms with E-state index in [2.05, 4.69) is 0 Å². The Kier molecular flexibility index (Phi) is 6.47. The van der Waals surface area contributed by atoms with Crippen LogP contribution in [0.3, 0.4) is 0 Å². The highest BCUT2D eigenvalue weighted by Gasteiger charge is 1.98. The Morgan fingerprint density at radius 1 is 0.529 bits per heavy atom. The van der Waals surface area contributed by atoms with Gasteiger partial charge >= 0.3 is 0 Å². The Bertz CT molecular complexity index is 438. The molecule has 0 saturated carbocycles. The van der Waals surface area contributed by atoms with Crippen LogP contribution in [0.5, 0.6) is 0 Å². The Labute approximate surface area is 125 Å². The van der Waals surface area contributed by atoms with Crippen LogP contribution in [-0.2, 0) is 0 Å². The van der Waals surface area contributed by atoms with Crippen molar-refractivity contribution in [2.75, 3.05) is 0 Å². The summed E-state index contributed by atoms with van der Waals surface area (Å²) in [6, 6.07) is 12.1. The average Bonchev–Trinajstić information content (AvgIpc) is 2.31. The molecule has 0 amide bonds. The van der Waals surface area contributed by atoms with Gasteiger partial charge in [0.05, 0.1) is 15.1 Å². The van der Waals surface area contributed by atoms with E-state index in [1.54, 1.807) is 42.5 Å². The zero-order chi connectivity index (χ0) is 12.8. The van der Waals surface area contributed by atoms with Gasteiger partial charge in [-0.15, -0.1) is 0 Å². The number of benzene rings is 2. The third-order valence-corrected chi connectivity index (χ3v) is 3.44. The number of hydrogen-bond donors (Lipinski definition) is 0. The average molecular weight is 328 g/mol. The van der Waals surface area contributed by atoms with E-state index in [0.717, 1.165) is 10.0 Å². The van der Waals surface area contributed by atoms with E-state index >= 15 is 0 Å². The van der Waals surface area contributed by atoms with Crippen LogP contribution >= 0.6 is 58.0 Å². The van der Waals surface area contributed by atoms with Crippen molar-refractivity contribution in [2.24, 2.45) is 0 Å². The van der Waals surface area contributed by atoms with Gasteiger partial charge < -0.3 is 0 Å². The van der Waals surface area contributed by atoms with Crippen LogP contribution in [0.1, 0.15) is 0 Å². The lowest BCUT2D eigenvalue weighted by Gasteiger charge is -1.94. The molecular formula is C12H7Cl5. The van der Waals surface area contributed by atoms with Gasteiger partial charge in [0.15, 0.2) is 0 Å². The fourth-order valence-corrected chi connectivity index (χ4v) is 1.68. The highest BCUT2D eigenvalue weighted by Crippen LogP contribution is 2.28. The van der Waals surface area contributed by atoms with Gasteiger partial charge in [0.25, 0.3) is 0 Å². The standard InChI is InChI=1S/C6H3Cl3.C6H4Cl2/c7-4-2-1-3-5(8)6(4)9;7-5-1-2-6(8)4-3-5/h1-3H;1-4H.